The second-order valence-corrected chi connectivity index (χ2v) is 4.78. The fourth-order valence-corrected chi connectivity index (χ4v) is 2.29. The van der Waals surface area contributed by atoms with E-state index in [-0.39, 0.29) is 35.2 Å². The molecule has 0 aromatic heterocycles. The van der Waals surface area contributed by atoms with Crippen LogP contribution in [0, 0.1) is 5.92 Å². The maximum absolute atomic E-state index is 12.0. The molecule has 0 radical (unpaired) electrons. The first-order valence-electron chi connectivity index (χ1n) is 6.08. The van der Waals surface area contributed by atoms with Gasteiger partial charge in [0.1, 0.15) is 18.0 Å². The number of epoxide rings is 1. The Kier molecular flexibility index (Phi) is 2.64. The third kappa shape index (κ3) is 2.02. The molecule has 1 fully saturated rings. The van der Waals surface area contributed by atoms with E-state index in [4.69, 9.17) is 4.74 Å². The predicted octanol–water partition coefficient (Wildman–Crippen LogP) is 0.992. The van der Waals surface area contributed by atoms with Crippen molar-refractivity contribution in [2.45, 2.75) is 19.1 Å². The number of aromatic hydroxyl groups is 1. The van der Waals surface area contributed by atoms with Gasteiger partial charge in [-0.2, -0.15) is 0 Å². The van der Waals surface area contributed by atoms with Crippen molar-refractivity contribution in [2.24, 2.45) is 5.92 Å². The summed E-state index contributed by atoms with van der Waals surface area (Å²) >= 11 is 0. The van der Waals surface area contributed by atoms with Gasteiger partial charge < -0.3 is 15.2 Å². The zero-order valence-electron chi connectivity index (χ0n) is 10.3. The van der Waals surface area contributed by atoms with Crippen molar-refractivity contribution in [3.63, 3.8) is 0 Å². The van der Waals surface area contributed by atoms with Crippen LogP contribution in [0.5, 0.6) is 5.75 Å². The molecule has 5 nitrogen and oxygen atoms in total. The Balaban J connectivity index is 1.80. The Hall–Kier alpha value is -2.14. The van der Waals surface area contributed by atoms with Gasteiger partial charge in [-0.1, -0.05) is 19.1 Å². The summed E-state index contributed by atoms with van der Waals surface area (Å²) < 4.78 is 5.24. The normalized spacial score (nSPS) is 28.4. The van der Waals surface area contributed by atoms with Gasteiger partial charge in [0.2, 0.25) is 0 Å². The van der Waals surface area contributed by atoms with E-state index in [1.54, 1.807) is 12.1 Å². The summed E-state index contributed by atoms with van der Waals surface area (Å²) in [6.07, 6.45) is 0.953. The van der Waals surface area contributed by atoms with Gasteiger partial charge >= 0.3 is 0 Å². The summed E-state index contributed by atoms with van der Waals surface area (Å²) in [5.74, 6) is -0.660. The third-order valence-electron chi connectivity index (χ3n) is 3.49. The first-order valence-corrected chi connectivity index (χ1v) is 6.08. The standard InChI is InChI=1S/C14H13NO4/c1-7-9(6-11(17)13-12(7)19-13)15-14(18)8-4-2-3-5-10(8)16/h2-7,12-13,16H,1H3,(H,15,18)/t7-,12-,13+/m1/s1. The lowest BCUT2D eigenvalue weighted by molar-refractivity contribution is -0.115. The molecule has 5 heteroatoms. The molecule has 3 rings (SSSR count). The summed E-state index contributed by atoms with van der Waals surface area (Å²) in [6, 6.07) is 6.27. The second-order valence-electron chi connectivity index (χ2n) is 4.78. The van der Waals surface area contributed by atoms with Crippen molar-refractivity contribution in [2.75, 3.05) is 0 Å². The van der Waals surface area contributed by atoms with Crippen molar-refractivity contribution >= 4 is 11.7 Å². The van der Waals surface area contributed by atoms with Crippen LogP contribution >= 0.6 is 0 Å². The average molecular weight is 259 g/mol. The lowest BCUT2D eigenvalue weighted by atomic mass is 9.93. The molecule has 3 atom stereocenters. The number of hydrogen-bond acceptors (Lipinski definition) is 4. The van der Waals surface area contributed by atoms with Crippen LogP contribution in [0.15, 0.2) is 36.0 Å². The van der Waals surface area contributed by atoms with Crippen molar-refractivity contribution in [1.82, 2.24) is 5.32 Å². The maximum Gasteiger partial charge on any atom is 0.259 e. The topological polar surface area (TPSA) is 78.9 Å². The third-order valence-corrected chi connectivity index (χ3v) is 3.49. The number of rotatable bonds is 2. The molecular weight excluding hydrogens is 246 g/mol. The first kappa shape index (κ1) is 11.9. The van der Waals surface area contributed by atoms with Gasteiger partial charge in [-0.15, -0.1) is 0 Å². The lowest BCUT2D eigenvalue weighted by Gasteiger charge is -2.18. The molecule has 1 aliphatic carbocycles. The number of para-hydroxylation sites is 1. The Labute approximate surface area is 109 Å². The average Bonchev–Trinajstić information content (AvgIpc) is 3.17. The number of ether oxygens (including phenoxy) is 1. The van der Waals surface area contributed by atoms with E-state index in [0.29, 0.717) is 5.70 Å². The number of hydrogen-bond donors (Lipinski definition) is 2. The highest BCUT2D eigenvalue weighted by molar-refractivity contribution is 6.01. The van der Waals surface area contributed by atoms with Gasteiger partial charge in [-0.25, -0.2) is 0 Å². The lowest BCUT2D eigenvalue weighted by Crippen LogP contribution is -2.33. The maximum atomic E-state index is 12.0. The van der Waals surface area contributed by atoms with E-state index in [0.717, 1.165) is 0 Å². The zero-order valence-corrected chi connectivity index (χ0v) is 10.3. The molecule has 0 saturated carbocycles. The molecular formula is C14H13NO4. The molecule has 1 aliphatic heterocycles. The number of nitrogens with one attached hydrogen (secondary N) is 1. The highest BCUT2D eigenvalue weighted by Gasteiger charge is 2.51. The fourth-order valence-electron chi connectivity index (χ4n) is 2.29. The van der Waals surface area contributed by atoms with Crippen molar-refractivity contribution in [3.05, 3.63) is 41.6 Å². The smallest absolute Gasteiger partial charge is 0.259 e. The van der Waals surface area contributed by atoms with E-state index >= 15 is 0 Å². The minimum atomic E-state index is -0.428. The molecule has 1 heterocycles. The molecule has 1 aromatic carbocycles. The fraction of sp³-hybridized carbons (Fsp3) is 0.286. The van der Waals surface area contributed by atoms with Crippen molar-refractivity contribution in [1.29, 1.82) is 0 Å². The van der Waals surface area contributed by atoms with Crippen LogP contribution in [0.3, 0.4) is 0 Å². The Morgan fingerprint density at radius 1 is 1.37 bits per heavy atom. The van der Waals surface area contributed by atoms with Gasteiger partial charge in [0.05, 0.1) is 5.56 Å². The molecule has 1 aromatic rings. The van der Waals surface area contributed by atoms with Gasteiger partial charge in [0.25, 0.3) is 5.91 Å². The number of carbonyl (C=O) groups is 2. The number of amides is 1. The summed E-state index contributed by atoms with van der Waals surface area (Å²) in [5.41, 5.74) is 0.721. The zero-order chi connectivity index (χ0) is 13.6. The van der Waals surface area contributed by atoms with Crippen LogP contribution in [-0.4, -0.2) is 29.0 Å². The Morgan fingerprint density at radius 3 is 2.84 bits per heavy atom. The van der Waals surface area contributed by atoms with Crippen LogP contribution in [0.1, 0.15) is 17.3 Å². The molecule has 1 amide bonds. The number of carbonyl (C=O) groups excluding carboxylic acids is 2. The van der Waals surface area contributed by atoms with E-state index in [2.05, 4.69) is 5.32 Å². The number of phenols is 1. The Bertz CT molecular complexity index is 593. The van der Waals surface area contributed by atoms with Crippen LogP contribution in [0.2, 0.25) is 0 Å². The quantitative estimate of drug-likeness (QED) is 0.776. The van der Waals surface area contributed by atoms with E-state index < -0.39 is 5.91 Å². The summed E-state index contributed by atoms with van der Waals surface area (Å²) in [4.78, 5) is 23.6. The largest absolute Gasteiger partial charge is 0.507 e. The molecule has 0 spiro atoms. The highest BCUT2D eigenvalue weighted by Crippen LogP contribution is 2.37. The predicted molar refractivity (Wildman–Crippen MR) is 66.5 cm³/mol. The summed E-state index contributed by atoms with van der Waals surface area (Å²) in [7, 11) is 0. The first-order chi connectivity index (χ1) is 9.08. The number of phenolic OH excluding ortho intramolecular Hbond substituents is 1. The SMILES string of the molecule is C[C@@H]1C(NC(=O)c2ccccc2O)=CC(=O)[C@@H]2O[C@H]12. The minimum absolute atomic E-state index is 0.0301. The minimum Gasteiger partial charge on any atom is -0.507 e. The summed E-state index contributed by atoms with van der Waals surface area (Å²) in [6.45, 7) is 1.90. The molecule has 19 heavy (non-hydrogen) atoms. The van der Waals surface area contributed by atoms with E-state index in [1.165, 1.54) is 18.2 Å². The van der Waals surface area contributed by atoms with Crippen LogP contribution in [0.4, 0.5) is 0 Å². The van der Waals surface area contributed by atoms with Crippen LogP contribution in [0.25, 0.3) is 0 Å². The van der Waals surface area contributed by atoms with Crippen LogP contribution in [-0.2, 0) is 9.53 Å². The monoisotopic (exact) mass is 259 g/mol. The van der Waals surface area contributed by atoms with Gasteiger partial charge in [0.15, 0.2) is 5.78 Å². The number of fused-ring (bicyclic) bond motifs is 1. The van der Waals surface area contributed by atoms with Gasteiger partial charge in [0, 0.05) is 17.7 Å². The van der Waals surface area contributed by atoms with E-state index in [1.807, 2.05) is 6.92 Å². The van der Waals surface area contributed by atoms with Gasteiger partial charge in [-0.05, 0) is 12.1 Å². The molecule has 0 bridgehead atoms. The molecule has 1 saturated heterocycles. The highest BCUT2D eigenvalue weighted by atomic mass is 16.6. The molecule has 2 N–H and O–H groups in total. The van der Waals surface area contributed by atoms with E-state index in [9.17, 15) is 14.7 Å². The van der Waals surface area contributed by atoms with Crippen molar-refractivity contribution < 1.29 is 19.4 Å². The molecule has 98 valence electrons. The molecule has 2 aliphatic rings. The molecule has 0 unspecified atom stereocenters. The van der Waals surface area contributed by atoms with Crippen LogP contribution < -0.4 is 5.32 Å². The van der Waals surface area contributed by atoms with Crippen molar-refractivity contribution in [3.8, 4) is 5.75 Å². The second kappa shape index (κ2) is 4.20. The number of ketones is 1. The van der Waals surface area contributed by atoms with Gasteiger partial charge in [-0.3, -0.25) is 9.59 Å². The summed E-state index contributed by atoms with van der Waals surface area (Å²) in [5, 5.41) is 12.3. The number of benzene rings is 1. The Morgan fingerprint density at radius 2 is 2.11 bits per heavy atom.